The second kappa shape index (κ2) is 15.7. The fraction of sp³-hybridized carbons (Fsp3) is 0.0577. The number of aliphatic imine (C=N–C) groups is 1. The summed E-state index contributed by atoms with van der Waals surface area (Å²) >= 11 is 0. The number of aromatic nitrogens is 2. The van der Waals surface area contributed by atoms with E-state index in [1.54, 1.807) is 60.7 Å². The summed E-state index contributed by atoms with van der Waals surface area (Å²) in [5.74, 6) is 0.973. The lowest BCUT2D eigenvalue weighted by molar-refractivity contribution is -0.138. The van der Waals surface area contributed by atoms with Crippen LogP contribution >= 0.6 is 0 Å². The molecule has 0 saturated heterocycles. The molecule has 4 heterocycles. The van der Waals surface area contributed by atoms with Crippen LogP contribution in [0, 0.1) is 0 Å². The molecule has 0 radical (unpaired) electrons. The second-order valence-electron chi connectivity index (χ2n) is 15.7. The molecule has 1 unspecified atom stereocenters. The predicted octanol–water partition coefficient (Wildman–Crippen LogP) is 14.8. The molecule has 0 spiro atoms. The van der Waals surface area contributed by atoms with E-state index in [9.17, 15) is 26.3 Å². The highest BCUT2D eigenvalue weighted by molar-refractivity contribution is 6.27. The molecule has 0 aliphatic carbocycles. The third kappa shape index (κ3) is 7.61. The summed E-state index contributed by atoms with van der Waals surface area (Å²) < 4.78 is 94.8. The van der Waals surface area contributed by atoms with Crippen molar-refractivity contribution in [3.63, 3.8) is 0 Å². The number of benzene rings is 7. The molecule has 8 nitrogen and oxygen atoms in total. The zero-order valence-corrected chi connectivity index (χ0v) is 34.2. The number of hydrogen-bond donors (Lipinski definition) is 3. The van der Waals surface area contributed by atoms with Crippen LogP contribution in [0.3, 0.4) is 0 Å². The predicted molar refractivity (Wildman–Crippen MR) is 244 cm³/mol. The molecular formula is C52H32F6N6O2. The van der Waals surface area contributed by atoms with E-state index in [4.69, 9.17) is 14.5 Å². The number of alkyl halides is 6. The van der Waals surface area contributed by atoms with Crippen LogP contribution in [0.15, 0.2) is 175 Å². The maximum atomic E-state index is 13.8. The average molecular weight is 887 g/mol. The lowest BCUT2D eigenvalue weighted by atomic mass is 9.94. The minimum absolute atomic E-state index is 0.0277. The van der Waals surface area contributed by atoms with Crippen molar-refractivity contribution in [2.24, 2.45) is 4.99 Å². The van der Waals surface area contributed by atoms with Gasteiger partial charge in [-0.15, -0.1) is 0 Å². The van der Waals surface area contributed by atoms with Gasteiger partial charge in [-0.3, -0.25) is 0 Å². The van der Waals surface area contributed by atoms with E-state index in [0.29, 0.717) is 17.3 Å². The van der Waals surface area contributed by atoms with E-state index < -0.39 is 29.6 Å². The van der Waals surface area contributed by atoms with Crippen LogP contribution in [0.25, 0.3) is 43.8 Å². The Bertz CT molecular complexity index is 3380. The van der Waals surface area contributed by atoms with Gasteiger partial charge in [0.15, 0.2) is 23.1 Å². The lowest BCUT2D eigenvalue weighted by Gasteiger charge is -2.20. The van der Waals surface area contributed by atoms with E-state index in [-0.39, 0.29) is 23.1 Å². The van der Waals surface area contributed by atoms with Crippen LogP contribution < -0.4 is 25.4 Å². The number of anilines is 3. The number of rotatable bonds is 9. The molecule has 1 atom stereocenters. The number of halogens is 6. The molecule has 0 fully saturated rings. The Labute approximate surface area is 372 Å². The zero-order chi connectivity index (χ0) is 45.2. The van der Waals surface area contributed by atoms with Crippen LogP contribution in [0.4, 0.5) is 49.4 Å². The van der Waals surface area contributed by atoms with E-state index in [0.717, 1.165) is 90.8 Å². The highest BCUT2D eigenvalue weighted by Gasteiger charge is 2.34. The molecule has 0 amide bonds. The summed E-state index contributed by atoms with van der Waals surface area (Å²) in [4.78, 5) is 13.1. The van der Waals surface area contributed by atoms with Crippen LogP contribution in [-0.2, 0) is 12.4 Å². The van der Waals surface area contributed by atoms with Crippen molar-refractivity contribution in [1.82, 2.24) is 9.97 Å². The van der Waals surface area contributed by atoms with Gasteiger partial charge < -0.3 is 25.4 Å². The van der Waals surface area contributed by atoms with Crippen molar-refractivity contribution in [3.8, 4) is 45.3 Å². The fourth-order valence-electron chi connectivity index (χ4n) is 8.36. The van der Waals surface area contributed by atoms with Crippen molar-refractivity contribution < 1.29 is 35.8 Å². The summed E-state index contributed by atoms with van der Waals surface area (Å²) in [5, 5.41) is 13.9. The molecule has 14 heteroatoms. The number of pyridine rings is 2. The van der Waals surface area contributed by atoms with Gasteiger partial charge in [0, 0.05) is 45.7 Å². The first-order valence-electron chi connectivity index (χ1n) is 20.6. The Morgan fingerprint density at radius 2 is 1.09 bits per heavy atom. The molecule has 2 aliphatic heterocycles. The average Bonchev–Trinajstić information content (AvgIpc) is 3.85. The molecular weight excluding hydrogens is 855 g/mol. The number of nitrogens with one attached hydrogen (secondary N) is 3. The third-order valence-electron chi connectivity index (χ3n) is 11.4. The van der Waals surface area contributed by atoms with Crippen LogP contribution in [0.2, 0.25) is 0 Å². The first-order chi connectivity index (χ1) is 31.9. The summed E-state index contributed by atoms with van der Waals surface area (Å²) in [6, 6.07) is 46.9. The number of hydrogen-bond acceptors (Lipinski definition) is 7. The molecule has 0 saturated carbocycles. The Hall–Kier alpha value is -8.39. The first-order valence-corrected chi connectivity index (χ1v) is 20.6. The largest absolute Gasteiger partial charge is 0.453 e. The van der Waals surface area contributed by atoms with Crippen LogP contribution in [0.1, 0.15) is 28.4 Å². The van der Waals surface area contributed by atoms with Crippen LogP contribution in [-0.4, -0.2) is 15.8 Å². The topological polar surface area (TPSA) is 92.7 Å². The Kier molecular flexibility index (Phi) is 9.61. The van der Waals surface area contributed by atoms with E-state index in [1.165, 1.54) is 0 Å². The Morgan fingerprint density at radius 3 is 1.73 bits per heavy atom. The van der Waals surface area contributed by atoms with Gasteiger partial charge in [-0.25, -0.2) is 15.0 Å². The molecule has 11 rings (SSSR count). The molecule has 7 aromatic carbocycles. The lowest BCUT2D eigenvalue weighted by Crippen LogP contribution is -2.17. The van der Waals surface area contributed by atoms with E-state index in [2.05, 4.69) is 44.1 Å². The normalized spacial score (nSPS) is 14.6. The second-order valence-corrected chi connectivity index (χ2v) is 15.7. The van der Waals surface area contributed by atoms with Crippen molar-refractivity contribution in [1.29, 1.82) is 0 Å². The minimum atomic E-state index is -4.64. The van der Waals surface area contributed by atoms with E-state index >= 15 is 0 Å². The smallest absolute Gasteiger partial charge is 0.418 e. The summed E-state index contributed by atoms with van der Waals surface area (Å²) in [6.07, 6.45) is -8.30. The number of para-hydroxylation sites is 2. The Morgan fingerprint density at radius 1 is 0.530 bits per heavy atom. The molecule has 2 aliphatic rings. The van der Waals surface area contributed by atoms with Gasteiger partial charge in [-0.2, -0.15) is 26.3 Å². The highest BCUT2D eigenvalue weighted by Crippen LogP contribution is 2.45. The number of ether oxygens (including phenoxy) is 2. The molecule has 2 aromatic heterocycles. The SMILES string of the molecule is FC(F)(F)c1cnc(N=C2Nc3cccc4cc(-c5ccc(-c6cc7c8c(cccc8c6)NC7Nc6ncc(C(F)(F)F)cc6Oc6ccccc6)cc5)cc2c34)c(Oc2ccccc2)c1. The monoisotopic (exact) mass is 886 g/mol. The fourth-order valence-corrected chi connectivity index (χ4v) is 8.36. The van der Waals surface area contributed by atoms with Crippen molar-refractivity contribution in [3.05, 3.63) is 192 Å². The van der Waals surface area contributed by atoms with Crippen molar-refractivity contribution in [2.75, 3.05) is 16.0 Å². The number of amidine groups is 1. The summed E-state index contributed by atoms with van der Waals surface area (Å²) in [7, 11) is 0. The first kappa shape index (κ1) is 40.4. The highest BCUT2D eigenvalue weighted by atomic mass is 19.4. The standard InChI is InChI=1S/C52H32F6N6O2/c53-51(54,55)35-25-43(65-37-11-3-1-4-12-37)49(59-27-35)63-47-39-23-33(21-31-9-7-15-41(61-47)45(31)39)29-17-19-30(20-18-29)34-22-32-10-8-16-42-46(32)40(24-34)48(62-42)64-50-44(66-38-13-5-2-6-14-38)26-36(28-60-50)52(56,57)58/h1-28,47,61H,(H,59,63)(H,60,62,64). The van der Waals surface area contributed by atoms with Gasteiger partial charge in [0.2, 0.25) is 0 Å². The molecule has 9 aromatic rings. The van der Waals surface area contributed by atoms with Gasteiger partial charge in [0.25, 0.3) is 0 Å². The molecule has 324 valence electrons. The van der Waals surface area contributed by atoms with Gasteiger partial charge in [-0.1, -0.05) is 84.9 Å². The van der Waals surface area contributed by atoms with Gasteiger partial charge >= 0.3 is 12.4 Å². The van der Waals surface area contributed by atoms with Crippen molar-refractivity contribution in [2.45, 2.75) is 18.5 Å². The zero-order valence-electron chi connectivity index (χ0n) is 34.2. The quantitative estimate of drug-likeness (QED) is 0.124. The summed E-state index contributed by atoms with van der Waals surface area (Å²) in [5.41, 5.74) is 5.00. The summed E-state index contributed by atoms with van der Waals surface area (Å²) in [6.45, 7) is 0. The molecule has 0 bridgehead atoms. The van der Waals surface area contributed by atoms with Crippen molar-refractivity contribution >= 4 is 50.4 Å². The molecule has 3 N–H and O–H groups in total. The number of nitrogens with zero attached hydrogens (tertiary/aromatic N) is 3. The Balaban J connectivity index is 0.923. The maximum Gasteiger partial charge on any atom is 0.418 e. The van der Waals surface area contributed by atoms with Gasteiger partial charge in [-0.05, 0) is 106 Å². The van der Waals surface area contributed by atoms with Gasteiger partial charge in [0.1, 0.15) is 23.5 Å². The van der Waals surface area contributed by atoms with E-state index in [1.807, 2.05) is 66.7 Å². The third-order valence-corrected chi connectivity index (χ3v) is 11.4. The molecule has 66 heavy (non-hydrogen) atoms. The minimum Gasteiger partial charge on any atom is -0.453 e. The van der Waals surface area contributed by atoms with Crippen LogP contribution in [0.5, 0.6) is 23.0 Å². The maximum absolute atomic E-state index is 13.8. The van der Waals surface area contributed by atoms with Gasteiger partial charge in [0.05, 0.1) is 11.1 Å².